The fourth-order valence-corrected chi connectivity index (χ4v) is 2.04. The first-order valence-electron chi connectivity index (χ1n) is 6.79. The SMILES string of the molecule is CC(C)Oc1ncccc1CNC(=O)C1COCC1N. The molecule has 0 spiro atoms. The molecule has 0 aromatic carbocycles. The van der Waals surface area contributed by atoms with Crippen LogP contribution in [-0.2, 0) is 16.1 Å². The van der Waals surface area contributed by atoms with Crippen LogP contribution < -0.4 is 15.8 Å². The van der Waals surface area contributed by atoms with Crippen molar-refractivity contribution in [3.05, 3.63) is 23.9 Å². The van der Waals surface area contributed by atoms with Gasteiger partial charge >= 0.3 is 0 Å². The molecule has 2 atom stereocenters. The number of nitrogens with zero attached hydrogens (tertiary/aromatic N) is 1. The van der Waals surface area contributed by atoms with E-state index < -0.39 is 0 Å². The summed E-state index contributed by atoms with van der Waals surface area (Å²) in [5, 5.41) is 2.87. The number of hydrogen-bond donors (Lipinski definition) is 2. The number of rotatable bonds is 5. The molecule has 6 nitrogen and oxygen atoms in total. The lowest BCUT2D eigenvalue weighted by molar-refractivity contribution is -0.125. The molecule has 6 heteroatoms. The summed E-state index contributed by atoms with van der Waals surface area (Å²) in [5.41, 5.74) is 6.67. The zero-order valence-electron chi connectivity index (χ0n) is 11.8. The summed E-state index contributed by atoms with van der Waals surface area (Å²) in [4.78, 5) is 16.2. The average Bonchev–Trinajstić information content (AvgIpc) is 2.83. The number of carbonyl (C=O) groups is 1. The van der Waals surface area contributed by atoms with Crippen LogP contribution >= 0.6 is 0 Å². The summed E-state index contributed by atoms with van der Waals surface area (Å²) in [6.07, 6.45) is 1.71. The first kappa shape index (κ1) is 14.7. The van der Waals surface area contributed by atoms with Crippen molar-refractivity contribution < 1.29 is 14.3 Å². The largest absolute Gasteiger partial charge is 0.475 e. The van der Waals surface area contributed by atoms with Crippen LogP contribution in [0.4, 0.5) is 0 Å². The van der Waals surface area contributed by atoms with E-state index in [1.54, 1.807) is 6.20 Å². The highest BCUT2D eigenvalue weighted by molar-refractivity contribution is 5.79. The number of carbonyl (C=O) groups excluding carboxylic acids is 1. The lowest BCUT2D eigenvalue weighted by atomic mass is 10.0. The second kappa shape index (κ2) is 6.67. The monoisotopic (exact) mass is 279 g/mol. The Balaban J connectivity index is 1.95. The molecule has 0 aliphatic carbocycles. The summed E-state index contributed by atoms with van der Waals surface area (Å²) in [5.74, 6) is 0.185. The maximum atomic E-state index is 12.0. The Labute approximate surface area is 118 Å². The molecular weight excluding hydrogens is 258 g/mol. The van der Waals surface area contributed by atoms with Gasteiger partial charge in [-0.2, -0.15) is 0 Å². The molecule has 110 valence electrons. The van der Waals surface area contributed by atoms with E-state index in [4.69, 9.17) is 15.2 Å². The summed E-state index contributed by atoms with van der Waals surface area (Å²) >= 11 is 0. The van der Waals surface area contributed by atoms with E-state index in [9.17, 15) is 4.79 Å². The van der Waals surface area contributed by atoms with Crippen molar-refractivity contribution in [2.45, 2.75) is 32.5 Å². The fraction of sp³-hybridized carbons (Fsp3) is 0.571. The van der Waals surface area contributed by atoms with Gasteiger partial charge in [-0.3, -0.25) is 4.79 Å². The molecular formula is C14H21N3O3. The molecule has 1 aliphatic rings. The van der Waals surface area contributed by atoms with Crippen molar-refractivity contribution in [2.75, 3.05) is 13.2 Å². The Hall–Kier alpha value is -1.66. The average molecular weight is 279 g/mol. The molecule has 0 radical (unpaired) electrons. The predicted molar refractivity (Wildman–Crippen MR) is 74.1 cm³/mol. The van der Waals surface area contributed by atoms with E-state index in [0.717, 1.165) is 5.56 Å². The van der Waals surface area contributed by atoms with E-state index in [-0.39, 0.29) is 24.0 Å². The summed E-state index contributed by atoms with van der Waals surface area (Å²) in [7, 11) is 0. The fourth-order valence-electron chi connectivity index (χ4n) is 2.04. The molecule has 2 unspecified atom stereocenters. The van der Waals surface area contributed by atoms with Crippen LogP contribution in [0.5, 0.6) is 5.88 Å². The lowest BCUT2D eigenvalue weighted by Crippen LogP contribution is -2.40. The van der Waals surface area contributed by atoms with Crippen molar-refractivity contribution in [3.63, 3.8) is 0 Å². The van der Waals surface area contributed by atoms with Gasteiger partial charge in [0.25, 0.3) is 0 Å². The Bertz CT molecular complexity index is 465. The third kappa shape index (κ3) is 3.68. The summed E-state index contributed by atoms with van der Waals surface area (Å²) in [6.45, 7) is 5.07. The quantitative estimate of drug-likeness (QED) is 0.817. The maximum Gasteiger partial charge on any atom is 0.227 e. The number of amides is 1. The smallest absolute Gasteiger partial charge is 0.227 e. The molecule has 0 bridgehead atoms. The molecule has 1 fully saturated rings. The highest BCUT2D eigenvalue weighted by atomic mass is 16.5. The molecule has 2 rings (SSSR count). The standard InChI is InChI=1S/C14H21N3O3/c1-9(2)20-14-10(4-3-5-16-14)6-17-13(18)11-7-19-8-12(11)15/h3-5,9,11-12H,6-8,15H2,1-2H3,(H,17,18). The Morgan fingerprint density at radius 2 is 2.40 bits per heavy atom. The highest BCUT2D eigenvalue weighted by Gasteiger charge is 2.31. The summed E-state index contributed by atoms with van der Waals surface area (Å²) < 4.78 is 10.8. The highest BCUT2D eigenvalue weighted by Crippen LogP contribution is 2.17. The molecule has 1 aliphatic heterocycles. The van der Waals surface area contributed by atoms with Crippen molar-refractivity contribution in [1.82, 2.24) is 10.3 Å². The molecule has 2 heterocycles. The molecule has 1 saturated heterocycles. The van der Waals surface area contributed by atoms with Gasteiger partial charge in [-0.1, -0.05) is 6.07 Å². The number of nitrogens with one attached hydrogen (secondary N) is 1. The van der Waals surface area contributed by atoms with Gasteiger partial charge in [0.2, 0.25) is 11.8 Å². The second-order valence-corrected chi connectivity index (χ2v) is 5.16. The van der Waals surface area contributed by atoms with E-state index >= 15 is 0 Å². The number of pyridine rings is 1. The van der Waals surface area contributed by atoms with Crippen LogP contribution in [-0.4, -0.2) is 36.3 Å². The van der Waals surface area contributed by atoms with Gasteiger partial charge in [0.05, 0.1) is 25.2 Å². The number of ether oxygens (including phenoxy) is 2. The van der Waals surface area contributed by atoms with E-state index in [2.05, 4.69) is 10.3 Å². The molecule has 20 heavy (non-hydrogen) atoms. The van der Waals surface area contributed by atoms with Crippen molar-refractivity contribution in [2.24, 2.45) is 11.7 Å². The Morgan fingerprint density at radius 3 is 3.05 bits per heavy atom. The summed E-state index contributed by atoms with van der Waals surface area (Å²) in [6, 6.07) is 3.48. The molecule has 3 N–H and O–H groups in total. The minimum absolute atomic E-state index is 0.0380. The molecule has 1 aromatic heterocycles. The zero-order chi connectivity index (χ0) is 14.5. The zero-order valence-corrected chi connectivity index (χ0v) is 11.8. The first-order valence-corrected chi connectivity index (χ1v) is 6.79. The van der Waals surface area contributed by atoms with Crippen LogP contribution in [0.1, 0.15) is 19.4 Å². The van der Waals surface area contributed by atoms with E-state index in [1.807, 2.05) is 26.0 Å². The molecule has 1 aromatic rings. The first-order chi connectivity index (χ1) is 9.58. The van der Waals surface area contributed by atoms with Gasteiger partial charge in [-0.15, -0.1) is 0 Å². The Morgan fingerprint density at radius 1 is 1.60 bits per heavy atom. The van der Waals surface area contributed by atoms with Crippen LogP contribution in [0.15, 0.2) is 18.3 Å². The van der Waals surface area contributed by atoms with Gasteiger partial charge in [0.15, 0.2) is 0 Å². The number of hydrogen-bond acceptors (Lipinski definition) is 5. The maximum absolute atomic E-state index is 12.0. The third-order valence-electron chi connectivity index (χ3n) is 3.11. The van der Waals surface area contributed by atoms with Gasteiger partial charge < -0.3 is 20.5 Å². The second-order valence-electron chi connectivity index (χ2n) is 5.16. The minimum Gasteiger partial charge on any atom is -0.475 e. The lowest BCUT2D eigenvalue weighted by Gasteiger charge is -2.15. The normalized spacial score (nSPS) is 22.0. The molecule has 1 amide bonds. The van der Waals surface area contributed by atoms with Crippen LogP contribution in [0.25, 0.3) is 0 Å². The van der Waals surface area contributed by atoms with E-state index in [1.165, 1.54) is 0 Å². The van der Waals surface area contributed by atoms with Gasteiger partial charge in [-0.05, 0) is 19.9 Å². The third-order valence-corrected chi connectivity index (χ3v) is 3.11. The molecule has 0 saturated carbocycles. The van der Waals surface area contributed by atoms with Gasteiger partial charge in [0.1, 0.15) is 0 Å². The Kier molecular flexibility index (Phi) is 4.92. The van der Waals surface area contributed by atoms with Crippen molar-refractivity contribution in [3.8, 4) is 5.88 Å². The van der Waals surface area contributed by atoms with Crippen molar-refractivity contribution in [1.29, 1.82) is 0 Å². The van der Waals surface area contributed by atoms with Gasteiger partial charge in [-0.25, -0.2) is 4.98 Å². The van der Waals surface area contributed by atoms with Crippen LogP contribution in [0.3, 0.4) is 0 Å². The predicted octanol–water partition coefficient (Wildman–Crippen LogP) is 0.459. The minimum atomic E-state index is -0.277. The number of aromatic nitrogens is 1. The van der Waals surface area contributed by atoms with Crippen molar-refractivity contribution >= 4 is 5.91 Å². The number of nitrogens with two attached hydrogens (primary N) is 1. The van der Waals surface area contributed by atoms with E-state index in [0.29, 0.717) is 25.6 Å². The van der Waals surface area contributed by atoms with Crippen LogP contribution in [0.2, 0.25) is 0 Å². The van der Waals surface area contributed by atoms with Crippen LogP contribution in [0, 0.1) is 5.92 Å². The topological polar surface area (TPSA) is 86.5 Å². The van der Waals surface area contributed by atoms with Gasteiger partial charge in [0, 0.05) is 24.3 Å².